The molecule has 2 aromatic rings. The molecule has 0 aliphatic carbocycles. The molecule has 21 heavy (non-hydrogen) atoms. The summed E-state index contributed by atoms with van der Waals surface area (Å²) in [7, 11) is 0. The number of hydrogen-bond acceptors (Lipinski definition) is 1. The fraction of sp³-hybridized carbons (Fsp3) is 0.368. The highest BCUT2D eigenvalue weighted by molar-refractivity contribution is 5.33. The van der Waals surface area contributed by atoms with E-state index in [1.807, 2.05) is 12.1 Å². The van der Waals surface area contributed by atoms with E-state index in [1.165, 1.54) is 16.7 Å². The van der Waals surface area contributed by atoms with E-state index in [-0.39, 0.29) is 11.9 Å². The fourth-order valence-corrected chi connectivity index (χ4v) is 2.62. The second kappa shape index (κ2) is 6.86. The van der Waals surface area contributed by atoms with E-state index in [4.69, 9.17) is 0 Å². The van der Waals surface area contributed by atoms with E-state index in [0.29, 0.717) is 5.56 Å². The maximum atomic E-state index is 13.8. The van der Waals surface area contributed by atoms with Crippen LogP contribution in [0.4, 0.5) is 4.39 Å². The van der Waals surface area contributed by atoms with Crippen LogP contribution in [0.3, 0.4) is 0 Å². The Balaban J connectivity index is 2.30. The predicted molar refractivity (Wildman–Crippen MR) is 87.2 cm³/mol. The van der Waals surface area contributed by atoms with E-state index in [0.717, 1.165) is 18.5 Å². The standard InChI is InChI=1S/C19H24FN/c1-5-21-19(16-9-8-15(4)18(20)11-16)12-17-10-13(2)6-7-14(17)3/h6-11,19,21H,5,12H2,1-4H3. The van der Waals surface area contributed by atoms with Crippen LogP contribution in [0.15, 0.2) is 36.4 Å². The molecule has 0 amide bonds. The lowest BCUT2D eigenvalue weighted by molar-refractivity contribution is 0.540. The SMILES string of the molecule is CCNC(Cc1cc(C)ccc1C)c1ccc(C)c(F)c1. The molecule has 0 radical (unpaired) electrons. The first-order valence-electron chi connectivity index (χ1n) is 7.56. The molecule has 0 bridgehead atoms. The molecule has 1 nitrogen and oxygen atoms in total. The zero-order valence-corrected chi connectivity index (χ0v) is 13.3. The molecule has 0 aliphatic rings. The third kappa shape index (κ3) is 3.92. The average molecular weight is 285 g/mol. The average Bonchev–Trinajstić information content (AvgIpc) is 2.45. The maximum absolute atomic E-state index is 13.8. The summed E-state index contributed by atoms with van der Waals surface area (Å²) in [5.41, 5.74) is 5.58. The van der Waals surface area contributed by atoms with Crippen molar-refractivity contribution in [2.45, 2.75) is 40.2 Å². The lowest BCUT2D eigenvalue weighted by Crippen LogP contribution is -2.23. The van der Waals surface area contributed by atoms with E-state index < -0.39 is 0 Å². The van der Waals surface area contributed by atoms with Crippen molar-refractivity contribution in [3.05, 3.63) is 70.0 Å². The molecule has 112 valence electrons. The minimum Gasteiger partial charge on any atom is -0.310 e. The summed E-state index contributed by atoms with van der Waals surface area (Å²) in [5.74, 6) is -0.128. The zero-order chi connectivity index (χ0) is 15.4. The Labute approximate surface area is 127 Å². The van der Waals surface area contributed by atoms with E-state index in [2.05, 4.69) is 44.3 Å². The van der Waals surface area contributed by atoms with Crippen LogP contribution in [0.1, 0.15) is 40.8 Å². The number of aryl methyl sites for hydroxylation is 3. The normalized spacial score (nSPS) is 12.4. The van der Waals surface area contributed by atoms with Crippen molar-refractivity contribution < 1.29 is 4.39 Å². The number of nitrogens with one attached hydrogen (secondary N) is 1. The monoisotopic (exact) mass is 285 g/mol. The molecule has 0 fully saturated rings. The Morgan fingerprint density at radius 1 is 1.00 bits per heavy atom. The number of likely N-dealkylation sites (N-methyl/N-ethyl adjacent to an activating group) is 1. The molecule has 0 saturated carbocycles. The Bertz CT molecular complexity index is 619. The first-order valence-corrected chi connectivity index (χ1v) is 7.56. The van der Waals surface area contributed by atoms with E-state index in [1.54, 1.807) is 13.0 Å². The molecular weight excluding hydrogens is 261 g/mol. The van der Waals surface area contributed by atoms with Gasteiger partial charge in [0, 0.05) is 6.04 Å². The van der Waals surface area contributed by atoms with Crippen LogP contribution in [-0.4, -0.2) is 6.54 Å². The van der Waals surface area contributed by atoms with Gasteiger partial charge < -0.3 is 5.32 Å². The van der Waals surface area contributed by atoms with Gasteiger partial charge in [0.2, 0.25) is 0 Å². The molecule has 1 unspecified atom stereocenters. The Hall–Kier alpha value is -1.67. The molecule has 0 saturated heterocycles. The van der Waals surface area contributed by atoms with Gasteiger partial charge in [-0.3, -0.25) is 0 Å². The van der Waals surface area contributed by atoms with Crippen LogP contribution >= 0.6 is 0 Å². The molecule has 0 spiro atoms. The predicted octanol–water partition coefficient (Wildman–Crippen LogP) is 4.64. The van der Waals surface area contributed by atoms with E-state index >= 15 is 0 Å². The third-order valence-corrected chi connectivity index (χ3v) is 3.98. The number of rotatable bonds is 5. The first kappa shape index (κ1) is 15.7. The van der Waals surface area contributed by atoms with Gasteiger partial charge in [0.25, 0.3) is 0 Å². The minimum atomic E-state index is -0.128. The van der Waals surface area contributed by atoms with Crippen molar-refractivity contribution in [3.8, 4) is 0 Å². The third-order valence-electron chi connectivity index (χ3n) is 3.98. The van der Waals surface area contributed by atoms with Gasteiger partial charge in [-0.1, -0.05) is 42.8 Å². The quantitative estimate of drug-likeness (QED) is 0.843. The number of halogens is 1. The summed E-state index contributed by atoms with van der Waals surface area (Å²) in [6, 6.07) is 12.2. The first-order chi connectivity index (χ1) is 10.0. The summed E-state index contributed by atoms with van der Waals surface area (Å²) in [6.45, 7) is 8.99. The van der Waals surface area contributed by atoms with Crippen molar-refractivity contribution in [1.82, 2.24) is 5.32 Å². The van der Waals surface area contributed by atoms with Gasteiger partial charge in [-0.2, -0.15) is 0 Å². The van der Waals surface area contributed by atoms with Crippen molar-refractivity contribution in [1.29, 1.82) is 0 Å². The Morgan fingerprint density at radius 2 is 1.71 bits per heavy atom. The largest absolute Gasteiger partial charge is 0.310 e. The van der Waals surface area contributed by atoms with Crippen LogP contribution in [0, 0.1) is 26.6 Å². The molecule has 0 aliphatic heterocycles. The molecule has 1 N–H and O–H groups in total. The van der Waals surface area contributed by atoms with Crippen LogP contribution in [-0.2, 0) is 6.42 Å². The molecular formula is C19H24FN. The van der Waals surface area contributed by atoms with Crippen molar-refractivity contribution in [2.24, 2.45) is 0 Å². The van der Waals surface area contributed by atoms with Gasteiger partial charge in [-0.25, -0.2) is 4.39 Å². The van der Waals surface area contributed by atoms with Gasteiger partial charge >= 0.3 is 0 Å². The van der Waals surface area contributed by atoms with Crippen LogP contribution in [0.25, 0.3) is 0 Å². The summed E-state index contributed by atoms with van der Waals surface area (Å²) in [5, 5.41) is 3.47. The van der Waals surface area contributed by atoms with Crippen LogP contribution in [0.2, 0.25) is 0 Å². The topological polar surface area (TPSA) is 12.0 Å². The van der Waals surface area contributed by atoms with Crippen molar-refractivity contribution in [2.75, 3.05) is 6.54 Å². The number of hydrogen-bond donors (Lipinski definition) is 1. The molecule has 0 heterocycles. The second-order valence-electron chi connectivity index (χ2n) is 5.75. The minimum absolute atomic E-state index is 0.128. The summed E-state index contributed by atoms with van der Waals surface area (Å²) in [6.07, 6.45) is 0.879. The van der Waals surface area contributed by atoms with Gasteiger partial charge in [-0.05, 0) is 62.1 Å². The highest BCUT2D eigenvalue weighted by Crippen LogP contribution is 2.23. The van der Waals surface area contributed by atoms with Crippen LogP contribution in [0.5, 0.6) is 0 Å². The molecule has 2 heteroatoms. The molecule has 0 aromatic heterocycles. The summed E-state index contributed by atoms with van der Waals surface area (Å²) in [4.78, 5) is 0. The van der Waals surface area contributed by atoms with Crippen molar-refractivity contribution in [3.63, 3.8) is 0 Å². The highest BCUT2D eigenvalue weighted by atomic mass is 19.1. The Morgan fingerprint density at radius 3 is 2.38 bits per heavy atom. The second-order valence-corrected chi connectivity index (χ2v) is 5.75. The number of benzene rings is 2. The van der Waals surface area contributed by atoms with Crippen molar-refractivity contribution >= 4 is 0 Å². The fourth-order valence-electron chi connectivity index (χ4n) is 2.62. The smallest absolute Gasteiger partial charge is 0.126 e. The van der Waals surface area contributed by atoms with Crippen LogP contribution < -0.4 is 5.32 Å². The highest BCUT2D eigenvalue weighted by Gasteiger charge is 2.14. The lowest BCUT2D eigenvalue weighted by Gasteiger charge is -2.20. The molecule has 1 atom stereocenters. The summed E-state index contributed by atoms with van der Waals surface area (Å²) < 4.78 is 13.8. The Kier molecular flexibility index (Phi) is 5.13. The van der Waals surface area contributed by atoms with Gasteiger partial charge in [0.05, 0.1) is 0 Å². The van der Waals surface area contributed by atoms with E-state index in [9.17, 15) is 4.39 Å². The summed E-state index contributed by atoms with van der Waals surface area (Å²) >= 11 is 0. The van der Waals surface area contributed by atoms with Gasteiger partial charge in [-0.15, -0.1) is 0 Å². The molecule has 2 rings (SSSR count). The van der Waals surface area contributed by atoms with Gasteiger partial charge in [0.1, 0.15) is 5.82 Å². The van der Waals surface area contributed by atoms with Gasteiger partial charge in [0.15, 0.2) is 0 Å². The lowest BCUT2D eigenvalue weighted by atomic mass is 9.94. The zero-order valence-electron chi connectivity index (χ0n) is 13.3. The molecule has 2 aromatic carbocycles. The maximum Gasteiger partial charge on any atom is 0.126 e.